The summed E-state index contributed by atoms with van der Waals surface area (Å²) >= 11 is 1.64. The molecule has 1 aliphatic rings. The lowest BCUT2D eigenvalue weighted by molar-refractivity contribution is 0.414. The number of aryl methyl sites for hydroxylation is 2. The first-order chi connectivity index (χ1) is 11.7. The standard InChI is InChI=1S/C19H16N2O2S/c1-23-15-7-8-16-13(10-15)4-9-17-18(16)21-19(24-17)20-11-12-2-5-14(22)6-3-12/h2-3,5-8,10-11,22H,4,9H2,1H3. The van der Waals surface area contributed by atoms with Crippen molar-refractivity contribution >= 4 is 22.7 Å². The van der Waals surface area contributed by atoms with E-state index in [0.717, 1.165) is 35.0 Å². The maximum atomic E-state index is 9.32. The molecule has 0 amide bonds. The predicted octanol–water partition coefficient (Wildman–Crippen LogP) is 4.37. The first kappa shape index (κ1) is 14.9. The van der Waals surface area contributed by atoms with E-state index in [0.29, 0.717) is 0 Å². The Kier molecular flexibility index (Phi) is 3.78. The molecule has 0 saturated heterocycles. The molecule has 3 aromatic rings. The van der Waals surface area contributed by atoms with Crippen LogP contribution in [-0.4, -0.2) is 23.4 Å². The number of phenols is 1. The lowest BCUT2D eigenvalue weighted by atomic mass is 9.93. The summed E-state index contributed by atoms with van der Waals surface area (Å²) in [5.41, 5.74) is 4.44. The van der Waals surface area contributed by atoms with E-state index >= 15 is 0 Å². The number of methoxy groups -OCH3 is 1. The second-order valence-electron chi connectivity index (χ2n) is 5.64. The molecule has 5 heteroatoms. The number of benzene rings is 2. The zero-order valence-electron chi connectivity index (χ0n) is 13.2. The van der Waals surface area contributed by atoms with Gasteiger partial charge in [0.1, 0.15) is 11.5 Å². The van der Waals surface area contributed by atoms with Crippen molar-refractivity contribution in [2.75, 3.05) is 7.11 Å². The summed E-state index contributed by atoms with van der Waals surface area (Å²) in [4.78, 5) is 10.5. The molecule has 1 aliphatic carbocycles. The number of aliphatic imine (C=N–C) groups is 1. The van der Waals surface area contributed by atoms with E-state index in [9.17, 15) is 5.11 Å². The maximum Gasteiger partial charge on any atom is 0.209 e. The van der Waals surface area contributed by atoms with Crippen molar-refractivity contribution in [2.45, 2.75) is 12.8 Å². The van der Waals surface area contributed by atoms with Gasteiger partial charge >= 0.3 is 0 Å². The van der Waals surface area contributed by atoms with E-state index in [1.165, 1.54) is 16.0 Å². The van der Waals surface area contributed by atoms with Gasteiger partial charge in [-0.25, -0.2) is 9.98 Å². The number of phenolic OH excluding ortho intramolecular Hbond substituents is 1. The number of aromatic hydroxyl groups is 1. The molecule has 0 radical (unpaired) electrons. The highest BCUT2D eigenvalue weighted by Crippen LogP contribution is 2.40. The van der Waals surface area contributed by atoms with Gasteiger partial charge in [-0.05, 0) is 66.4 Å². The molecule has 120 valence electrons. The molecule has 4 rings (SSSR count). The number of ether oxygens (including phenoxy) is 1. The molecule has 0 bridgehead atoms. The number of thiazole rings is 1. The molecule has 0 aliphatic heterocycles. The summed E-state index contributed by atoms with van der Waals surface area (Å²) in [6, 6.07) is 13.1. The molecule has 1 N–H and O–H groups in total. The van der Waals surface area contributed by atoms with Crippen LogP contribution in [0.3, 0.4) is 0 Å². The van der Waals surface area contributed by atoms with Crippen LogP contribution in [0.25, 0.3) is 11.3 Å². The predicted molar refractivity (Wildman–Crippen MR) is 96.9 cm³/mol. The van der Waals surface area contributed by atoms with Gasteiger partial charge in [-0.2, -0.15) is 0 Å². The molecule has 4 nitrogen and oxygen atoms in total. The molecule has 0 spiro atoms. The number of nitrogens with zero attached hydrogens (tertiary/aromatic N) is 2. The normalized spacial score (nSPS) is 12.9. The summed E-state index contributed by atoms with van der Waals surface area (Å²) < 4.78 is 5.31. The molecule has 2 aromatic carbocycles. The number of fused-ring (bicyclic) bond motifs is 3. The molecule has 1 aromatic heterocycles. The van der Waals surface area contributed by atoms with E-state index in [1.807, 2.05) is 18.2 Å². The van der Waals surface area contributed by atoms with Crippen LogP contribution >= 0.6 is 11.3 Å². The Labute approximate surface area is 144 Å². The highest BCUT2D eigenvalue weighted by molar-refractivity contribution is 7.15. The van der Waals surface area contributed by atoms with Gasteiger partial charge in [0.15, 0.2) is 0 Å². The summed E-state index contributed by atoms with van der Waals surface area (Å²) in [5.74, 6) is 1.14. The quantitative estimate of drug-likeness (QED) is 0.723. The number of aromatic nitrogens is 1. The first-order valence-corrected chi connectivity index (χ1v) is 8.54. The molecule has 0 atom stereocenters. The van der Waals surface area contributed by atoms with E-state index in [2.05, 4.69) is 17.1 Å². The van der Waals surface area contributed by atoms with Crippen molar-refractivity contribution in [1.82, 2.24) is 4.98 Å². The molecular weight excluding hydrogens is 320 g/mol. The van der Waals surface area contributed by atoms with Gasteiger partial charge in [-0.15, -0.1) is 0 Å². The van der Waals surface area contributed by atoms with Crippen molar-refractivity contribution in [3.63, 3.8) is 0 Å². The first-order valence-electron chi connectivity index (χ1n) is 7.73. The van der Waals surface area contributed by atoms with Gasteiger partial charge in [0, 0.05) is 16.7 Å². The van der Waals surface area contributed by atoms with Crippen LogP contribution in [0, 0.1) is 0 Å². The van der Waals surface area contributed by atoms with Gasteiger partial charge in [-0.1, -0.05) is 11.3 Å². The van der Waals surface area contributed by atoms with Gasteiger partial charge in [0.2, 0.25) is 5.13 Å². The Morgan fingerprint density at radius 2 is 2.00 bits per heavy atom. The van der Waals surface area contributed by atoms with Crippen molar-refractivity contribution in [3.05, 3.63) is 58.5 Å². The average Bonchev–Trinajstić information content (AvgIpc) is 3.04. The van der Waals surface area contributed by atoms with Crippen molar-refractivity contribution < 1.29 is 9.84 Å². The van der Waals surface area contributed by atoms with Crippen LogP contribution in [0.2, 0.25) is 0 Å². The lowest BCUT2D eigenvalue weighted by Gasteiger charge is -2.15. The van der Waals surface area contributed by atoms with E-state index in [-0.39, 0.29) is 5.75 Å². The number of hydrogen-bond acceptors (Lipinski definition) is 5. The molecule has 24 heavy (non-hydrogen) atoms. The van der Waals surface area contributed by atoms with Crippen LogP contribution < -0.4 is 4.74 Å². The van der Waals surface area contributed by atoms with Crippen LogP contribution in [0.15, 0.2) is 47.5 Å². The minimum absolute atomic E-state index is 0.254. The third-order valence-corrected chi connectivity index (χ3v) is 5.12. The average molecular weight is 336 g/mol. The van der Waals surface area contributed by atoms with Crippen LogP contribution in [0.5, 0.6) is 11.5 Å². The summed E-state index contributed by atoms with van der Waals surface area (Å²) in [6.07, 6.45) is 3.77. The van der Waals surface area contributed by atoms with E-state index in [1.54, 1.807) is 36.8 Å². The Balaban J connectivity index is 1.65. The SMILES string of the molecule is COc1ccc2c(c1)CCc1sc(N=Cc3ccc(O)cc3)nc1-2. The third kappa shape index (κ3) is 2.78. The topological polar surface area (TPSA) is 54.7 Å². The van der Waals surface area contributed by atoms with Gasteiger partial charge in [0.25, 0.3) is 0 Å². The Bertz CT molecular complexity index is 914. The molecule has 1 heterocycles. The minimum Gasteiger partial charge on any atom is -0.508 e. The van der Waals surface area contributed by atoms with Crippen LogP contribution in [-0.2, 0) is 12.8 Å². The smallest absolute Gasteiger partial charge is 0.209 e. The monoisotopic (exact) mass is 336 g/mol. The largest absolute Gasteiger partial charge is 0.508 e. The van der Waals surface area contributed by atoms with Crippen molar-refractivity contribution in [1.29, 1.82) is 0 Å². The Morgan fingerprint density at radius 3 is 2.79 bits per heavy atom. The summed E-state index contributed by atoms with van der Waals surface area (Å²) in [6.45, 7) is 0. The lowest BCUT2D eigenvalue weighted by Crippen LogP contribution is -2.02. The second-order valence-corrected chi connectivity index (χ2v) is 6.70. The molecule has 0 unspecified atom stereocenters. The zero-order chi connectivity index (χ0) is 16.5. The number of hydrogen-bond donors (Lipinski definition) is 1. The van der Waals surface area contributed by atoms with Crippen LogP contribution in [0.1, 0.15) is 16.0 Å². The van der Waals surface area contributed by atoms with Crippen molar-refractivity contribution in [2.24, 2.45) is 4.99 Å². The third-order valence-electron chi connectivity index (χ3n) is 4.09. The fraction of sp³-hybridized carbons (Fsp3) is 0.158. The fourth-order valence-electron chi connectivity index (χ4n) is 2.85. The zero-order valence-corrected chi connectivity index (χ0v) is 14.0. The highest BCUT2D eigenvalue weighted by atomic mass is 32.1. The highest BCUT2D eigenvalue weighted by Gasteiger charge is 2.21. The minimum atomic E-state index is 0.254. The molecular formula is C19H16N2O2S. The van der Waals surface area contributed by atoms with Gasteiger partial charge < -0.3 is 9.84 Å². The van der Waals surface area contributed by atoms with Gasteiger partial charge in [0.05, 0.1) is 12.8 Å². The van der Waals surface area contributed by atoms with Crippen LogP contribution in [0.4, 0.5) is 5.13 Å². The Morgan fingerprint density at radius 1 is 1.17 bits per heavy atom. The van der Waals surface area contributed by atoms with Crippen molar-refractivity contribution in [3.8, 4) is 22.8 Å². The number of rotatable bonds is 3. The fourth-order valence-corrected chi connectivity index (χ4v) is 3.77. The maximum absolute atomic E-state index is 9.32. The molecule has 0 fully saturated rings. The van der Waals surface area contributed by atoms with E-state index in [4.69, 9.17) is 9.72 Å². The van der Waals surface area contributed by atoms with Gasteiger partial charge in [-0.3, -0.25) is 0 Å². The second kappa shape index (κ2) is 6.09. The van der Waals surface area contributed by atoms with E-state index < -0.39 is 0 Å². The summed E-state index contributed by atoms with van der Waals surface area (Å²) in [7, 11) is 1.69. The Hall–Kier alpha value is -2.66. The summed E-state index contributed by atoms with van der Waals surface area (Å²) in [5, 5.41) is 10.1. The molecule has 0 saturated carbocycles.